The van der Waals surface area contributed by atoms with E-state index in [2.05, 4.69) is 61.6 Å². The zero-order valence-corrected chi connectivity index (χ0v) is 38.0. The smallest absolute Gasteiger partial charge is 0.410 e. The molecular formula is C42H86N6O7. The number of rotatable bonds is 14. The van der Waals surface area contributed by atoms with Gasteiger partial charge in [-0.3, -0.25) is 0 Å². The fourth-order valence-electron chi connectivity index (χ4n) is 7.32. The minimum Gasteiger partial charge on any atom is -0.444 e. The molecule has 0 spiro atoms. The van der Waals surface area contributed by atoms with Crippen molar-refractivity contribution >= 4 is 12.2 Å². The maximum atomic E-state index is 12.1. The van der Waals surface area contributed by atoms with Crippen LogP contribution in [0, 0.1) is 0 Å². The average Bonchev–Trinajstić information content (AvgIpc) is 3.15. The van der Waals surface area contributed by atoms with Crippen LogP contribution in [0.4, 0.5) is 9.59 Å². The van der Waals surface area contributed by atoms with Crippen molar-refractivity contribution in [2.45, 2.75) is 150 Å². The molecule has 0 aromatic rings. The standard InChI is InChI=1S/C16H32N2O3.C15H30N2O3.C11H24N2O/c1-7-17(8-2)13-16(20-6)9-11-18(12-10-16)14(19)21-15(3,4)5;1-6-16(7-2)12-15(19)8-10-17(11-9-15)13(18)20-14(3,4)5;1-4-13(5-2)10-11(14-3)6-8-12-9-7-11/h7-13H2,1-6H3;19H,6-12H2,1-5H3;12H,4-10H2,1-3H3. The molecule has 3 fully saturated rings. The fourth-order valence-corrected chi connectivity index (χ4v) is 7.32. The van der Waals surface area contributed by atoms with Crippen LogP contribution in [0.1, 0.15) is 122 Å². The Morgan fingerprint density at radius 1 is 0.564 bits per heavy atom. The maximum Gasteiger partial charge on any atom is 0.410 e. The first kappa shape index (κ1) is 51.3. The first-order chi connectivity index (χ1) is 25.7. The molecule has 3 saturated heterocycles. The Hall–Kier alpha value is -1.74. The van der Waals surface area contributed by atoms with E-state index in [1.54, 1.807) is 16.9 Å². The molecule has 0 aromatic carbocycles. The topological polar surface area (TPSA) is 120 Å². The molecule has 0 atom stereocenters. The van der Waals surface area contributed by atoms with Crippen molar-refractivity contribution in [2.24, 2.45) is 0 Å². The predicted molar refractivity (Wildman–Crippen MR) is 224 cm³/mol. The molecule has 3 aliphatic rings. The number of carbonyl (C=O) groups excluding carboxylic acids is 2. The van der Waals surface area contributed by atoms with Crippen LogP contribution >= 0.6 is 0 Å². The van der Waals surface area contributed by atoms with Crippen molar-refractivity contribution in [3.05, 3.63) is 0 Å². The van der Waals surface area contributed by atoms with Gasteiger partial charge in [-0.05, 0) is 132 Å². The van der Waals surface area contributed by atoms with Gasteiger partial charge in [0.15, 0.2) is 0 Å². The van der Waals surface area contributed by atoms with Gasteiger partial charge in [-0.15, -0.1) is 0 Å². The minimum atomic E-state index is -0.676. The summed E-state index contributed by atoms with van der Waals surface area (Å²) in [7, 11) is 3.64. The number of nitrogens with zero attached hydrogens (tertiary/aromatic N) is 5. The number of nitrogens with one attached hydrogen (secondary N) is 1. The molecule has 0 bridgehead atoms. The summed E-state index contributed by atoms with van der Waals surface area (Å²) in [5.74, 6) is 0. The minimum absolute atomic E-state index is 0.108. The first-order valence-electron chi connectivity index (χ1n) is 21.4. The molecule has 3 aliphatic heterocycles. The van der Waals surface area contributed by atoms with Gasteiger partial charge in [0, 0.05) is 60.0 Å². The Morgan fingerprint density at radius 2 is 0.873 bits per heavy atom. The van der Waals surface area contributed by atoms with Gasteiger partial charge in [0.05, 0.1) is 16.8 Å². The molecule has 0 radical (unpaired) electrons. The lowest BCUT2D eigenvalue weighted by Gasteiger charge is -2.43. The molecule has 0 saturated carbocycles. The van der Waals surface area contributed by atoms with Gasteiger partial charge in [-0.25, -0.2) is 9.59 Å². The molecule has 326 valence electrons. The van der Waals surface area contributed by atoms with Gasteiger partial charge >= 0.3 is 12.2 Å². The summed E-state index contributed by atoms with van der Waals surface area (Å²) in [6, 6.07) is 0. The van der Waals surface area contributed by atoms with Crippen LogP contribution in [0.3, 0.4) is 0 Å². The van der Waals surface area contributed by atoms with Crippen molar-refractivity contribution in [3.8, 4) is 0 Å². The Balaban J connectivity index is 0.000000421. The average molecular weight is 787 g/mol. The summed E-state index contributed by atoms with van der Waals surface area (Å²) >= 11 is 0. The van der Waals surface area contributed by atoms with Gasteiger partial charge in [-0.1, -0.05) is 41.5 Å². The highest BCUT2D eigenvalue weighted by Crippen LogP contribution is 2.29. The second kappa shape index (κ2) is 24.2. The number of hydrogen-bond acceptors (Lipinski definition) is 11. The summed E-state index contributed by atoms with van der Waals surface area (Å²) in [6.45, 7) is 37.8. The zero-order chi connectivity index (χ0) is 41.9. The highest BCUT2D eigenvalue weighted by Gasteiger charge is 2.39. The number of likely N-dealkylation sites (N-methyl/N-ethyl adjacent to an activating group) is 3. The highest BCUT2D eigenvalue weighted by atomic mass is 16.6. The maximum absolute atomic E-state index is 12.1. The Kier molecular flexibility index (Phi) is 22.6. The molecule has 0 aromatic heterocycles. The van der Waals surface area contributed by atoms with Gasteiger partial charge in [0.1, 0.15) is 11.2 Å². The number of aliphatic hydroxyl groups is 1. The largest absolute Gasteiger partial charge is 0.444 e. The number of likely N-dealkylation sites (tertiary alicyclic amines) is 2. The Labute approximate surface area is 337 Å². The van der Waals surface area contributed by atoms with E-state index in [9.17, 15) is 14.7 Å². The van der Waals surface area contributed by atoms with E-state index in [1.165, 1.54) is 0 Å². The van der Waals surface area contributed by atoms with Crippen molar-refractivity contribution in [1.82, 2.24) is 29.8 Å². The lowest BCUT2D eigenvalue weighted by atomic mass is 9.90. The third-order valence-corrected chi connectivity index (χ3v) is 11.3. The van der Waals surface area contributed by atoms with E-state index in [1.807, 2.05) is 48.7 Å². The highest BCUT2D eigenvalue weighted by molar-refractivity contribution is 5.68. The zero-order valence-electron chi connectivity index (χ0n) is 38.0. The fraction of sp³-hybridized carbons (Fsp3) is 0.952. The third kappa shape index (κ3) is 19.0. The molecule has 0 aliphatic carbocycles. The van der Waals surface area contributed by atoms with E-state index >= 15 is 0 Å². The number of methoxy groups -OCH3 is 2. The number of carbonyl (C=O) groups is 2. The molecule has 2 amide bonds. The molecule has 13 heteroatoms. The number of ether oxygens (including phenoxy) is 4. The molecule has 2 N–H and O–H groups in total. The van der Waals surface area contributed by atoms with Gasteiger partial charge in [0.2, 0.25) is 0 Å². The summed E-state index contributed by atoms with van der Waals surface area (Å²) in [5, 5.41) is 14.0. The quantitative estimate of drug-likeness (QED) is 0.218. The number of amides is 2. The second-order valence-electron chi connectivity index (χ2n) is 17.6. The van der Waals surface area contributed by atoms with Crippen LogP contribution < -0.4 is 5.32 Å². The van der Waals surface area contributed by atoms with E-state index in [-0.39, 0.29) is 23.4 Å². The predicted octanol–water partition coefficient (Wildman–Crippen LogP) is 5.93. The number of piperidine rings is 3. The molecule has 3 heterocycles. The first-order valence-corrected chi connectivity index (χ1v) is 21.4. The summed E-state index contributed by atoms with van der Waals surface area (Å²) in [6.07, 6.45) is 4.74. The van der Waals surface area contributed by atoms with Crippen molar-refractivity contribution in [1.29, 1.82) is 0 Å². The van der Waals surface area contributed by atoms with Gasteiger partial charge in [0.25, 0.3) is 0 Å². The molecule has 55 heavy (non-hydrogen) atoms. The van der Waals surface area contributed by atoms with E-state index in [0.29, 0.717) is 45.6 Å². The van der Waals surface area contributed by atoms with Crippen LogP contribution in [-0.2, 0) is 18.9 Å². The monoisotopic (exact) mass is 787 g/mol. The Bertz CT molecular complexity index is 1050. The van der Waals surface area contributed by atoms with E-state index < -0.39 is 16.8 Å². The van der Waals surface area contributed by atoms with Crippen LogP contribution in [0.2, 0.25) is 0 Å². The third-order valence-electron chi connectivity index (χ3n) is 11.3. The van der Waals surface area contributed by atoms with Crippen molar-refractivity contribution in [2.75, 3.05) is 112 Å². The van der Waals surface area contributed by atoms with Crippen LogP contribution in [0.15, 0.2) is 0 Å². The summed E-state index contributed by atoms with van der Waals surface area (Å²) in [4.78, 5) is 34.6. The number of hydrogen-bond donors (Lipinski definition) is 2. The normalized spacial score (nSPS) is 19.7. The molecule has 13 nitrogen and oxygen atoms in total. The lowest BCUT2D eigenvalue weighted by Crippen LogP contribution is -2.53. The molecule has 0 unspecified atom stereocenters. The summed E-state index contributed by atoms with van der Waals surface area (Å²) < 4.78 is 22.4. The Morgan fingerprint density at radius 3 is 1.18 bits per heavy atom. The van der Waals surface area contributed by atoms with Crippen LogP contribution in [-0.4, -0.2) is 182 Å². The van der Waals surface area contributed by atoms with Crippen LogP contribution in [0.25, 0.3) is 0 Å². The van der Waals surface area contributed by atoms with Crippen molar-refractivity contribution < 1.29 is 33.6 Å². The van der Waals surface area contributed by atoms with Gasteiger partial charge in [-0.2, -0.15) is 0 Å². The molecular weight excluding hydrogens is 700 g/mol. The van der Waals surface area contributed by atoms with E-state index in [0.717, 1.165) is 91.1 Å². The lowest BCUT2D eigenvalue weighted by molar-refractivity contribution is -0.0764. The second-order valence-corrected chi connectivity index (χ2v) is 17.6. The molecule has 3 rings (SSSR count). The summed E-state index contributed by atoms with van der Waals surface area (Å²) in [5.41, 5.74) is -1.60. The van der Waals surface area contributed by atoms with Crippen LogP contribution in [0.5, 0.6) is 0 Å². The SMILES string of the molecule is CCN(CC)CC1(O)CCN(C(=O)OC(C)(C)C)CC1.CCN(CC)CC1(OC)CCN(C(=O)OC(C)(C)C)CC1.CCN(CC)CC1(OC)CCNCC1. The van der Waals surface area contributed by atoms with Gasteiger partial charge < -0.3 is 53.9 Å². The van der Waals surface area contributed by atoms with E-state index in [4.69, 9.17) is 18.9 Å². The van der Waals surface area contributed by atoms with Crippen molar-refractivity contribution in [3.63, 3.8) is 0 Å².